The molecule has 3 N–H and O–H groups in total. The van der Waals surface area contributed by atoms with Crippen molar-refractivity contribution in [3.8, 4) is 0 Å². The molecule has 0 saturated heterocycles. The van der Waals surface area contributed by atoms with Crippen molar-refractivity contribution >= 4 is 23.4 Å². The highest BCUT2D eigenvalue weighted by Gasteiger charge is 2.18. The van der Waals surface area contributed by atoms with Crippen molar-refractivity contribution < 1.29 is 0 Å². The zero-order chi connectivity index (χ0) is 14.6. The first-order valence-corrected chi connectivity index (χ1v) is 7.88. The van der Waals surface area contributed by atoms with E-state index in [0.717, 1.165) is 23.0 Å². The van der Waals surface area contributed by atoms with Gasteiger partial charge in [0.1, 0.15) is 17.5 Å². The van der Waals surface area contributed by atoms with Gasteiger partial charge < -0.3 is 10.3 Å². The minimum absolute atomic E-state index is 0.274. The highest BCUT2D eigenvalue weighted by molar-refractivity contribution is 7.98. The normalized spacial score (nSPS) is 12.6. The summed E-state index contributed by atoms with van der Waals surface area (Å²) in [5.41, 5.74) is 3.66. The van der Waals surface area contributed by atoms with E-state index in [1.54, 1.807) is 0 Å². The summed E-state index contributed by atoms with van der Waals surface area (Å²) in [6.07, 6.45) is 2.11. The van der Waals surface area contributed by atoms with Crippen LogP contribution in [0.25, 0.3) is 0 Å². The lowest BCUT2D eigenvalue weighted by Gasteiger charge is -2.28. The zero-order valence-electron chi connectivity index (χ0n) is 12.7. The highest BCUT2D eigenvalue weighted by Crippen LogP contribution is 2.26. The maximum Gasteiger partial charge on any atom is 0.148 e. The number of nitrogens with two attached hydrogens (primary N) is 1. The third kappa shape index (κ3) is 3.73. The Morgan fingerprint density at radius 2 is 1.95 bits per heavy atom. The number of anilines is 2. The molecule has 0 saturated carbocycles. The molecule has 0 bridgehead atoms. The van der Waals surface area contributed by atoms with Crippen LogP contribution in [0.15, 0.2) is 0 Å². The van der Waals surface area contributed by atoms with Gasteiger partial charge in [-0.15, -0.1) is 0 Å². The van der Waals surface area contributed by atoms with E-state index in [2.05, 4.69) is 49.4 Å². The molecular formula is C13H25N5S. The van der Waals surface area contributed by atoms with Gasteiger partial charge in [0.15, 0.2) is 0 Å². The summed E-state index contributed by atoms with van der Waals surface area (Å²) < 4.78 is 0. The molecule has 1 rings (SSSR count). The van der Waals surface area contributed by atoms with Gasteiger partial charge in [0.25, 0.3) is 0 Å². The standard InChI is InChI=1S/C13H25N5S/c1-8(2)11-15-12(17-14)10(4)13(16-11)18(5)9(3)7-19-6/h8-9H,7,14H2,1-6H3,(H,15,16,17). The molecule has 5 nitrogen and oxygen atoms in total. The molecule has 1 unspecified atom stereocenters. The molecule has 1 heterocycles. The Balaban J connectivity index is 3.21. The van der Waals surface area contributed by atoms with Crippen molar-refractivity contribution in [2.45, 2.75) is 39.7 Å². The van der Waals surface area contributed by atoms with Crippen molar-refractivity contribution in [3.05, 3.63) is 11.4 Å². The molecule has 108 valence electrons. The molecule has 0 fully saturated rings. The third-order valence-corrected chi connectivity index (χ3v) is 4.01. The minimum Gasteiger partial charge on any atom is -0.356 e. The van der Waals surface area contributed by atoms with Crippen LogP contribution in [0.3, 0.4) is 0 Å². The van der Waals surface area contributed by atoms with Crippen LogP contribution in [-0.2, 0) is 0 Å². The number of nitrogens with zero attached hydrogens (tertiary/aromatic N) is 3. The fourth-order valence-corrected chi connectivity index (χ4v) is 2.53. The lowest BCUT2D eigenvalue weighted by molar-refractivity contribution is 0.721. The largest absolute Gasteiger partial charge is 0.356 e. The Kier molecular flexibility index (Phi) is 5.87. The van der Waals surface area contributed by atoms with Gasteiger partial charge in [-0.2, -0.15) is 11.8 Å². The Morgan fingerprint density at radius 1 is 1.32 bits per heavy atom. The molecule has 0 aromatic carbocycles. The Hall–Kier alpha value is -1.01. The van der Waals surface area contributed by atoms with Crippen LogP contribution < -0.4 is 16.2 Å². The van der Waals surface area contributed by atoms with E-state index in [4.69, 9.17) is 10.8 Å². The SMILES string of the molecule is CSCC(C)N(C)c1nc(C(C)C)nc(NN)c1C. The second-order valence-electron chi connectivity index (χ2n) is 5.09. The fraction of sp³-hybridized carbons (Fsp3) is 0.692. The monoisotopic (exact) mass is 283 g/mol. The second kappa shape index (κ2) is 6.96. The lowest BCUT2D eigenvalue weighted by atomic mass is 10.2. The van der Waals surface area contributed by atoms with Gasteiger partial charge in [0.2, 0.25) is 0 Å². The third-order valence-electron chi connectivity index (χ3n) is 3.19. The molecule has 6 heteroatoms. The summed E-state index contributed by atoms with van der Waals surface area (Å²) in [5.74, 6) is 9.37. The first-order chi connectivity index (χ1) is 8.92. The van der Waals surface area contributed by atoms with Crippen molar-refractivity contribution in [2.24, 2.45) is 5.84 Å². The van der Waals surface area contributed by atoms with Gasteiger partial charge in [0.05, 0.1) is 0 Å². The molecule has 19 heavy (non-hydrogen) atoms. The van der Waals surface area contributed by atoms with Gasteiger partial charge in [0, 0.05) is 30.3 Å². The molecule has 0 radical (unpaired) electrons. The number of hydrazine groups is 1. The molecule has 0 amide bonds. The lowest BCUT2D eigenvalue weighted by Crippen LogP contribution is -2.33. The predicted octanol–water partition coefficient (Wildman–Crippen LogP) is 2.38. The zero-order valence-corrected chi connectivity index (χ0v) is 13.5. The molecule has 0 aliphatic rings. The Morgan fingerprint density at radius 3 is 2.42 bits per heavy atom. The number of thioether (sulfide) groups is 1. The fourth-order valence-electron chi connectivity index (χ4n) is 1.83. The number of nitrogens with one attached hydrogen (secondary N) is 1. The van der Waals surface area contributed by atoms with Crippen molar-refractivity contribution in [3.63, 3.8) is 0 Å². The first-order valence-electron chi connectivity index (χ1n) is 6.49. The molecule has 0 aliphatic carbocycles. The van der Waals surface area contributed by atoms with Crippen LogP contribution in [-0.4, -0.2) is 35.1 Å². The molecule has 0 spiro atoms. The van der Waals surface area contributed by atoms with Crippen LogP contribution in [0, 0.1) is 6.92 Å². The second-order valence-corrected chi connectivity index (χ2v) is 6.00. The van der Waals surface area contributed by atoms with Crippen molar-refractivity contribution in [1.82, 2.24) is 9.97 Å². The van der Waals surface area contributed by atoms with Crippen LogP contribution in [0.2, 0.25) is 0 Å². The van der Waals surface area contributed by atoms with E-state index in [1.165, 1.54) is 0 Å². The average Bonchev–Trinajstić information content (AvgIpc) is 2.38. The van der Waals surface area contributed by atoms with Gasteiger partial charge >= 0.3 is 0 Å². The number of rotatable bonds is 6. The summed E-state index contributed by atoms with van der Waals surface area (Å²) in [6.45, 7) is 8.36. The van der Waals surface area contributed by atoms with Gasteiger partial charge in [-0.3, -0.25) is 0 Å². The van der Waals surface area contributed by atoms with Crippen LogP contribution in [0.4, 0.5) is 11.6 Å². The van der Waals surface area contributed by atoms with Crippen LogP contribution in [0.5, 0.6) is 0 Å². The first kappa shape index (κ1) is 16.0. The van der Waals surface area contributed by atoms with E-state index in [1.807, 2.05) is 18.7 Å². The highest BCUT2D eigenvalue weighted by atomic mass is 32.2. The van der Waals surface area contributed by atoms with Crippen molar-refractivity contribution in [1.29, 1.82) is 0 Å². The summed E-state index contributed by atoms with van der Waals surface area (Å²) in [5, 5.41) is 0. The van der Waals surface area contributed by atoms with E-state index < -0.39 is 0 Å². The predicted molar refractivity (Wildman–Crippen MR) is 84.9 cm³/mol. The number of nitrogen functional groups attached to an aromatic ring is 1. The minimum atomic E-state index is 0.274. The quantitative estimate of drug-likeness (QED) is 0.617. The van der Waals surface area contributed by atoms with Gasteiger partial charge in [-0.05, 0) is 20.1 Å². The van der Waals surface area contributed by atoms with E-state index >= 15 is 0 Å². The number of hydrogen-bond acceptors (Lipinski definition) is 6. The summed E-state index contributed by atoms with van der Waals surface area (Å²) in [7, 11) is 2.07. The molecule has 0 aliphatic heterocycles. The topological polar surface area (TPSA) is 67.1 Å². The molecule has 1 aromatic heterocycles. The van der Waals surface area contributed by atoms with Gasteiger partial charge in [-0.25, -0.2) is 15.8 Å². The number of hydrogen-bond donors (Lipinski definition) is 2. The van der Waals surface area contributed by atoms with Crippen LogP contribution in [0.1, 0.15) is 38.1 Å². The van der Waals surface area contributed by atoms with Crippen molar-refractivity contribution in [2.75, 3.05) is 29.4 Å². The number of aromatic nitrogens is 2. The van der Waals surface area contributed by atoms with E-state index in [0.29, 0.717) is 11.9 Å². The smallest absolute Gasteiger partial charge is 0.148 e. The van der Waals surface area contributed by atoms with E-state index in [9.17, 15) is 0 Å². The maximum absolute atomic E-state index is 5.56. The average molecular weight is 283 g/mol. The summed E-state index contributed by atoms with van der Waals surface area (Å²) in [6, 6.07) is 0.411. The Labute approximate surface area is 120 Å². The molecular weight excluding hydrogens is 258 g/mol. The Bertz CT molecular complexity index is 422. The maximum atomic E-state index is 5.56. The van der Waals surface area contributed by atoms with E-state index in [-0.39, 0.29) is 5.92 Å². The molecule has 1 aromatic rings. The van der Waals surface area contributed by atoms with Gasteiger partial charge in [-0.1, -0.05) is 13.8 Å². The summed E-state index contributed by atoms with van der Waals surface area (Å²) >= 11 is 1.83. The molecule has 1 atom stereocenters. The van der Waals surface area contributed by atoms with Crippen LogP contribution >= 0.6 is 11.8 Å². The summed E-state index contributed by atoms with van der Waals surface area (Å²) in [4.78, 5) is 11.3.